The predicted molar refractivity (Wildman–Crippen MR) is 295 cm³/mol. The molecular weight excluding hydrogens is 1050 g/mol. The largest absolute Gasteiger partial charge is 0.275 e. The molecule has 2 aliphatic rings. The van der Waals surface area contributed by atoms with Crippen molar-refractivity contribution in [3.63, 3.8) is 0 Å². The van der Waals surface area contributed by atoms with Gasteiger partial charge < -0.3 is 0 Å². The first kappa shape index (κ1) is 44.8. The smallest absolute Gasteiger partial charge is 0.263 e. The molecule has 18 heteroatoms. The molecule has 2 aliphatic heterocycles. The third-order valence-electron chi connectivity index (χ3n) is 12.5. The number of imide groups is 2. The molecule has 0 saturated heterocycles. The number of amides is 4. The second-order valence-corrected chi connectivity index (χ2v) is 25.0. The van der Waals surface area contributed by atoms with E-state index in [4.69, 9.17) is 9.97 Å². The van der Waals surface area contributed by atoms with Crippen molar-refractivity contribution in [2.45, 2.75) is 13.8 Å². The molecule has 3 aromatic carbocycles. The number of nitriles is 2. The Morgan fingerprint density at radius 1 is 0.403 bits per heavy atom. The zero-order valence-electron chi connectivity index (χ0n) is 37.4. The van der Waals surface area contributed by atoms with Crippen molar-refractivity contribution < 1.29 is 19.2 Å². The van der Waals surface area contributed by atoms with Gasteiger partial charge in [-0.25, -0.2) is 9.97 Å². The normalized spacial score (nSPS) is 13.3. The molecule has 10 nitrogen and oxygen atoms in total. The topological polar surface area (TPSA) is 148 Å². The van der Waals surface area contributed by atoms with Gasteiger partial charge in [-0.1, -0.05) is 24.3 Å². The minimum atomic E-state index is -0.274. The number of carbonyl (C=O) groups is 4. The molecule has 0 aliphatic carbocycles. The van der Waals surface area contributed by atoms with Gasteiger partial charge in [-0.3, -0.25) is 29.0 Å². The highest BCUT2D eigenvalue weighted by atomic mass is 32.1. The van der Waals surface area contributed by atoms with E-state index in [1.807, 2.05) is 86.6 Å². The summed E-state index contributed by atoms with van der Waals surface area (Å²) in [5.74, 6) is -1.09. The SMILES string of the molecule is CCN1C(=O)c2c(-c3ccc(-c4ccc(C#N)cc4)s3)sc(-c3ccc(-c4nc5cc6sc(-c7ccc(-c8sc(-c9ccc(-c%10ccc(C#N)cc%10)s9)c9c8C(=O)N(CC)C9=O)s7)nc6cc5s4)s3)c2C1=O. The van der Waals surface area contributed by atoms with Gasteiger partial charge in [0.05, 0.1) is 95.2 Å². The molecule has 0 atom stereocenters. The lowest BCUT2D eigenvalue weighted by molar-refractivity contribution is 0.0647. The number of rotatable bonds is 10. The van der Waals surface area contributed by atoms with Crippen molar-refractivity contribution in [3.8, 4) is 91.8 Å². The molecule has 0 unspecified atom stereocenters. The molecule has 0 spiro atoms. The molecule has 11 aromatic rings. The van der Waals surface area contributed by atoms with Crippen LogP contribution in [0.4, 0.5) is 0 Å². The van der Waals surface area contributed by atoms with Crippen molar-refractivity contribution in [1.82, 2.24) is 19.8 Å². The van der Waals surface area contributed by atoms with Crippen LogP contribution in [0.2, 0.25) is 0 Å². The van der Waals surface area contributed by atoms with Gasteiger partial charge in [-0.2, -0.15) is 10.5 Å². The number of thiophene rings is 6. The second kappa shape index (κ2) is 17.3. The summed E-state index contributed by atoms with van der Waals surface area (Å²) in [4.78, 5) is 78.8. The molecular formula is C54H28N6O4S8. The standard InChI is InChI=1S/C54H28N6O4S8/c1-3-59-51(61)41-43(53(59)63)47(71-45(41)33-15-13-31(65-33)27-9-5-25(23-55)6-10-27)35-17-19-37(67-35)49-57-29-21-40-30(22-39(29)69-49)58-50(70-40)38-20-18-36(68-38)48-44-42(52(62)60(4-2)54(44)64)46(72-48)34-16-14-32(66-34)28-11-7-26(24-56)8-12-28/h5-22H,3-4H2,1-2H3. The number of hydrogen-bond donors (Lipinski definition) is 0. The highest BCUT2D eigenvalue weighted by Gasteiger charge is 2.43. The minimum absolute atomic E-state index is 0.272. The van der Waals surface area contributed by atoms with E-state index in [1.54, 1.807) is 92.3 Å². The Labute approximate surface area is 441 Å². The molecule has 346 valence electrons. The Morgan fingerprint density at radius 3 is 1.03 bits per heavy atom. The van der Waals surface area contributed by atoms with Crippen LogP contribution in [0.3, 0.4) is 0 Å². The Hall–Kier alpha value is -7.10. The minimum Gasteiger partial charge on any atom is -0.275 e. The first-order valence-electron chi connectivity index (χ1n) is 22.3. The number of hydrogen-bond acceptors (Lipinski definition) is 16. The van der Waals surface area contributed by atoms with E-state index >= 15 is 0 Å². The molecule has 13 rings (SSSR count). The van der Waals surface area contributed by atoms with Gasteiger partial charge in [-0.05, 0) is 110 Å². The summed E-state index contributed by atoms with van der Waals surface area (Å²) in [6.45, 7) is 4.19. The highest BCUT2D eigenvalue weighted by Crippen LogP contribution is 2.53. The first-order valence-corrected chi connectivity index (χ1v) is 28.8. The number of carbonyl (C=O) groups excluding carboxylic acids is 4. The zero-order chi connectivity index (χ0) is 49.1. The Morgan fingerprint density at radius 2 is 0.708 bits per heavy atom. The van der Waals surface area contributed by atoms with Crippen LogP contribution in [-0.2, 0) is 0 Å². The molecule has 8 aromatic heterocycles. The third-order valence-corrected chi connectivity index (χ3v) is 22.4. The predicted octanol–water partition coefficient (Wildman–Crippen LogP) is 15.6. The second-order valence-electron chi connectivity index (χ2n) is 16.6. The van der Waals surface area contributed by atoms with Crippen LogP contribution in [0.1, 0.15) is 66.4 Å². The molecule has 0 radical (unpaired) electrons. The fourth-order valence-corrected chi connectivity index (χ4v) is 18.2. The van der Waals surface area contributed by atoms with E-state index < -0.39 is 0 Å². The lowest BCUT2D eigenvalue weighted by atomic mass is 10.1. The van der Waals surface area contributed by atoms with Crippen LogP contribution in [0.25, 0.3) is 100 Å². The third kappa shape index (κ3) is 7.05. The monoisotopic (exact) mass is 1080 g/mol. The molecule has 72 heavy (non-hydrogen) atoms. The van der Waals surface area contributed by atoms with Gasteiger partial charge >= 0.3 is 0 Å². The zero-order valence-corrected chi connectivity index (χ0v) is 43.9. The van der Waals surface area contributed by atoms with Crippen LogP contribution in [-0.4, -0.2) is 56.5 Å². The van der Waals surface area contributed by atoms with E-state index in [1.165, 1.54) is 32.5 Å². The lowest BCUT2D eigenvalue weighted by Crippen LogP contribution is -2.29. The Balaban J connectivity index is 0.796. The van der Waals surface area contributed by atoms with Crippen LogP contribution in [0.5, 0.6) is 0 Å². The van der Waals surface area contributed by atoms with Crippen molar-refractivity contribution in [1.29, 1.82) is 10.5 Å². The van der Waals surface area contributed by atoms with Crippen molar-refractivity contribution >= 4 is 135 Å². The number of benzene rings is 3. The van der Waals surface area contributed by atoms with Crippen molar-refractivity contribution in [3.05, 3.63) is 143 Å². The van der Waals surface area contributed by atoms with E-state index in [-0.39, 0.29) is 36.7 Å². The summed E-state index contributed by atoms with van der Waals surface area (Å²) < 4.78 is 1.98. The first-order chi connectivity index (χ1) is 35.1. The van der Waals surface area contributed by atoms with E-state index in [2.05, 4.69) is 24.3 Å². The fraction of sp³-hybridized carbons (Fsp3) is 0.0741. The molecule has 0 fully saturated rings. The summed E-state index contributed by atoms with van der Waals surface area (Å²) in [5.41, 5.74) is 6.67. The van der Waals surface area contributed by atoms with Crippen molar-refractivity contribution in [2.24, 2.45) is 0 Å². The van der Waals surface area contributed by atoms with Crippen LogP contribution in [0, 0.1) is 22.7 Å². The van der Waals surface area contributed by atoms with Crippen molar-refractivity contribution in [2.75, 3.05) is 13.1 Å². The lowest BCUT2D eigenvalue weighted by Gasteiger charge is -2.11. The van der Waals surface area contributed by atoms with Gasteiger partial charge in [0.1, 0.15) is 10.0 Å². The fourth-order valence-electron chi connectivity index (χ4n) is 9.03. The van der Waals surface area contributed by atoms with Gasteiger partial charge in [-0.15, -0.1) is 90.7 Å². The van der Waals surface area contributed by atoms with Gasteiger partial charge in [0.2, 0.25) is 0 Å². The van der Waals surface area contributed by atoms with Gasteiger partial charge in [0, 0.05) is 42.4 Å². The number of nitrogens with zero attached hydrogens (tertiary/aromatic N) is 6. The Kier molecular flexibility index (Phi) is 10.8. The number of thiazole rings is 2. The van der Waals surface area contributed by atoms with E-state index in [0.717, 1.165) is 100 Å². The van der Waals surface area contributed by atoms with Gasteiger partial charge in [0.15, 0.2) is 0 Å². The number of fused-ring (bicyclic) bond motifs is 4. The molecule has 0 bridgehead atoms. The maximum absolute atomic E-state index is 13.9. The van der Waals surface area contributed by atoms with E-state index in [9.17, 15) is 29.7 Å². The molecule has 0 N–H and O–H groups in total. The molecule has 10 heterocycles. The quantitative estimate of drug-likeness (QED) is 0.123. The average molecular weight is 1080 g/mol. The van der Waals surface area contributed by atoms with E-state index in [0.29, 0.717) is 33.4 Å². The maximum atomic E-state index is 13.9. The Bertz CT molecular complexity index is 3900. The van der Waals surface area contributed by atoms with Gasteiger partial charge in [0.25, 0.3) is 23.6 Å². The number of aromatic nitrogens is 2. The molecule has 0 saturated carbocycles. The summed E-state index contributed by atoms with van der Waals surface area (Å²) in [6.07, 6.45) is 0. The average Bonchev–Trinajstić information content (AvgIpc) is 4.24. The highest BCUT2D eigenvalue weighted by molar-refractivity contribution is 7.31. The van der Waals surface area contributed by atoms with Crippen LogP contribution in [0.15, 0.2) is 109 Å². The summed E-state index contributed by atoms with van der Waals surface area (Å²) in [6, 6.07) is 39.5. The maximum Gasteiger partial charge on any atom is 0.263 e. The molecule has 4 amide bonds. The summed E-state index contributed by atoms with van der Waals surface area (Å²) in [7, 11) is 0. The summed E-state index contributed by atoms with van der Waals surface area (Å²) in [5, 5.41) is 20.3. The van der Waals surface area contributed by atoms with Crippen LogP contribution < -0.4 is 0 Å². The van der Waals surface area contributed by atoms with Crippen LogP contribution >= 0.6 is 90.7 Å². The summed E-state index contributed by atoms with van der Waals surface area (Å²) >= 11 is 12.3.